The number of aromatic nitrogens is 1. The normalized spacial score (nSPS) is 12.2. The first-order chi connectivity index (χ1) is 8.45. The Kier molecular flexibility index (Phi) is 5.18. The molecule has 0 aliphatic carbocycles. The first-order valence-corrected chi connectivity index (χ1v) is 5.68. The van der Waals surface area contributed by atoms with Crippen molar-refractivity contribution in [2.45, 2.75) is 12.5 Å². The average Bonchev–Trinajstić information content (AvgIpc) is 2.63. The average molecular weight is 275 g/mol. The van der Waals surface area contributed by atoms with E-state index in [-0.39, 0.29) is 13.0 Å². The Morgan fingerprint density at radius 2 is 2.28 bits per heavy atom. The first-order valence-electron chi connectivity index (χ1n) is 5.30. The summed E-state index contributed by atoms with van der Waals surface area (Å²) >= 11 is 5.76. The number of halogens is 1. The Hall–Kier alpha value is -1.53. The summed E-state index contributed by atoms with van der Waals surface area (Å²) in [5, 5.41) is 11.8. The minimum absolute atomic E-state index is 0.204. The van der Waals surface area contributed by atoms with Gasteiger partial charge in [0, 0.05) is 33.4 Å². The molecule has 0 radical (unpaired) electrons. The second-order valence-corrected chi connectivity index (χ2v) is 4.24. The number of nitrogens with one attached hydrogen (secondary N) is 1. The molecule has 1 aromatic heterocycles. The number of hydrogen-bond acceptors (Lipinski definition) is 3. The minimum Gasteiger partial charge on any atom is -0.480 e. The van der Waals surface area contributed by atoms with Gasteiger partial charge in [-0.05, 0) is 6.07 Å². The standard InChI is InChI=1S/C11H15ClN2O4/c1-14-6-7(12)5-9(14)10(15)13-8(11(16)17)3-4-18-2/h5-6,8H,3-4H2,1-2H3,(H,13,15)(H,16,17). The van der Waals surface area contributed by atoms with Crippen molar-refractivity contribution < 1.29 is 19.4 Å². The molecule has 100 valence electrons. The lowest BCUT2D eigenvalue weighted by Crippen LogP contribution is -2.42. The number of ether oxygens (including phenoxy) is 1. The molecule has 1 rings (SSSR count). The Morgan fingerprint density at radius 3 is 2.72 bits per heavy atom. The Morgan fingerprint density at radius 1 is 1.61 bits per heavy atom. The first kappa shape index (κ1) is 14.5. The molecule has 1 amide bonds. The van der Waals surface area contributed by atoms with E-state index in [0.29, 0.717) is 10.7 Å². The summed E-state index contributed by atoms with van der Waals surface area (Å²) in [5.74, 6) is -1.58. The van der Waals surface area contributed by atoms with Crippen LogP contribution in [0.3, 0.4) is 0 Å². The molecule has 1 aromatic rings. The van der Waals surface area contributed by atoms with Crippen LogP contribution in [0.4, 0.5) is 0 Å². The van der Waals surface area contributed by atoms with Gasteiger partial charge in [0.2, 0.25) is 0 Å². The van der Waals surface area contributed by atoms with Gasteiger partial charge in [-0.15, -0.1) is 0 Å². The quantitative estimate of drug-likeness (QED) is 0.808. The molecule has 0 fully saturated rings. The number of methoxy groups -OCH3 is 1. The highest BCUT2D eigenvalue weighted by Gasteiger charge is 2.21. The van der Waals surface area contributed by atoms with E-state index in [1.54, 1.807) is 13.2 Å². The van der Waals surface area contributed by atoms with Gasteiger partial charge in [-0.25, -0.2) is 4.79 Å². The van der Waals surface area contributed by atoms with Crippen LogP contribution in [0.1, 0.15) is 16.9 Å². The highest BCUT2D eigenvalue weighted by atomic mass is 35.5. The van der Waals surface area contributed by atoms with E-state index in [1.807, 2.05) is 0 Å². The lowest BCUT2D eigenvalue weighted by Gasteiger charge is -2.14. The zero-order chi connectivity index (χ0) is 13.7. The third kappa shape index (κ3) is 3.75. The second-order valence-electron chi connectivity index (χ2n) is 3.80. The molecule has 0 saturated carbocycles. The summed E-state index contributed by atoms with van der Waals surface area (Å²) in [5.41, 5.74) is 0.309. The third-order valence-electron chi connectivity index (χ3n) is 2.42. The largest absolute Gasteiger partial charge is 0.480 e. The summed E-state index contributed by atoms with van der Waals surface area (Å²) in [6.45, 7) is 0.255. The van der Waals surface area contributed by atoms with Gasteiger partial charge in [0.05, 0.1) is 5.02 Å². The van der Waals surface area contributed by atoms with Crippen LogP contribution < -0.4 is 5.32 Å². The van der Waals surface area contributed by atoms with Crippen LogP contribution in [0, 0.1) is 0 Å². The Bertz CT molecular complexity index is 444. The number of carbonyl (C=O) groups excluding carboxylic acids is 1. The number of nitrogens with zero attached hydrogens (tertiary/aromatic N) is 1. The maximum absolute atomic E-state index is 11.9. The van der Waals surface area contributed by atoms with Crippen molar-refractivity contribution in [3.63, 3.8) is 0 Å². The van der Waals surface area contributed by atoms with Gasteiger partial charge in [-0.2, -0.15) is 0 Å². The molecule has 0 saturated heterocycles. The molecule has 0 bridgehead atoms. The predicted octanol–water partition coefficient (Wildman–Crippen LogP) is 0.898. The Labute approximate surface area is 109 Å². The van der Waals surface area contributed by atoms with Gasteiger partial charge in [0.15, 0.2) is 0 Å². The number of carboxylic acid groups (broad SMARTS) is 1. The van der Waals surface area contributed by atoms with Crippen molar-refractivity contribution in [2.75, 3.05) is 13.7 Å². The number of aryl methyl sites for hydroxylation is 1. The predicted molar refractivity (Wildman–Crippen MR) is 65.8 cm³/mol. The molecule has 7 heteroatoms. The van der Waals surface area contributed by atoms with Crippen molar-refractivity contribution in [3.05, 3.63) is 23.0 Å². The molecule has 0 aromatic carbocycles. The number of aliphatic carboxylic acids is 1. The van der Waals surface area contributed by atoms with E-state index in [4.69, 9.17) is 21.4 Å². The van der Waals surface area contributed by atoms with Gasteiger partial charge < -0.3 is 19.7 Å². The molecular weight excluding hydrogens is 260 g/mol. The van der Waals surface area contributed by atoms with Crippen molar-refractivity contribution >= 4 is 23.5 Å². The Balaban J connectivity index is 2.72. The van der Waals surface area contributed by atoms with Crippen molar-refractivity contribution in [1.82, 2.24) is 9.88 Å². The van der Waals surface area contributed by atoms with E-state index in [1.165, 1.54) is 17.7 Å². The van der Waals surface area contributed by atoms with Crippen LogP contribution in [-0.2, 0) is 16.6 Å². The van der Waals surface area contributed by atoms with Crippen LogP contribution in [0.2, 0.25) is 5.02 Å². The monoisotopic (exact) mass is 274 g/mol. The fourth-order valence-corrected chi connectivity index (χ4v) is 1.72. The lowest BCUT2D eigenvalue weighted by atomic mass is 10.2. The van der Waals surface area contributed by atoms with Crippen LogP contribution in [0.5, 0.6) is 0 Å². The zero-order valence-corrected chi connectivity index (χ0v) is 10.9. The summed E-state index contributed by atoms with van der Waals surface area (Å²) in [4.78, 5) is 22.8. The summed E-state index contributed by atoms with van der Waals surface area (Å²) < 4.78 is 6.33. The molecule has 1 atom stereocenters. The van der Waals surface area contributed by atoms with Gasteiger partial charge in [-0.1, -0.05) is 11.6 Å². The van der Waals surface area contributed by atoms with E-state index in [9.17, 15) is 9.59 Å². The zero-order valence-electron chi connectivity index (χ0n) is 10.1. The molecule has 1 heterocycles. The second kappa shape index (κ2) is 6.42. The fraction of sp³-hybridized carbons (Fsp3) is 0.455. The molecule has 2 N–H and O–H groups in total. The summed E-state index contributed by atoms with van der Waals surface area (Å²) in [6, 6.07) is 0.498. The van der Waals surface area contributed by atoms with Gasteiger partial charge in [-0.3, -0.25) is 4.79 Å². The summed E-state index contributed by atoms with van der Waals surface area (Å²) in [7, 11) is 3.13. The highest BCUT2D eigenvalue weighted by molar-refractivity contribution is 6.31. The number of hydrogen-bond donors (Lipinski definition) is 2. The van der Waals surface area contributed by atoms with Crippen LogP contribution in [0.25, 0.3) is 0 Å². The van der Waals surface area contributed by atoms with Crippen molar-refractivity contribution in [2.24, 2.45) is 7.05 Å². The van der Waals surface area contributed by atoms with Crippen molar-refractivity contribution in [1.29, 1.82) is 0 Å². The number of carbonyl (C=O) groups is 2. The van der Waals surface area contributed by atoms with Gasteiger partial charge >= 0.3 is 5.97 Å². The minimum atomic E-state index is -1.10. The number of rotatable bonds is 6. The molecule has 1 unspecified atom stereocenters. The maximum Gasteiger partial charge on any atom is 0.326 e. The topological polar surface area (TPSA) is 80.6 Å². The van der Waals surface area contributed by atoms with E-state index in [0.717, 1.165) is 0 Å². The molecular formula is C11H15ClN2O4. The SMILES string of the molecule is COCCC(NC(=O)c1cc(Cl)cn1C)C(=O)O. The smallest absolute Gasteiger partial charge is 0.326 e. The molecule has 0 aliphatic heterocycles. The van der Waals surface area contributed by atoms with Crippen LogP contribution in [0.15, 0.2) is 12.3 Å². The lowest BCUT2D eigenvalue weighted by molar-refractivity contribution is -0.139. The molecule has 6 nitrogen and oxygen atoms in total. The van der Waals surface area contributed by atoms with Gasteiger partial charge in [0.1, 0.15) is 11.7 Å². The maximum atomic E-state index is 11.9. The van der Waals surface area contributed by atoms with E-state index in [2.05, 4.69) is 5.32 Å². The van der Waals surface area contributed by atoms with Crippen LogP contribution in [-0.4, -0.2) is 41.3 Å². The van der Waals surface area contributed by atoms with Crippen LogP contribution >= 0.6 is 11.6 Å². The van der Waals surface area contributed by atoms with E-state index >= 15 is 0 Å². The third-order valence-corrected chi connectivity index (χ3v) is 2.62. The van der Waals surface area contributed by atoms with Crippen molar-refractivity contribution in [3.8, 4) is 0 Å². The molecule has 0 aliphatic rings. The summed E-state index contributed by atoms with van der Waals surface area (Å²) in [6.07, 6.45) is 1.77. The molecule has 18 heavy (non-hydrogen) atoms. The number of amides is 1. The molecule has 0 spiro atoms. The fourth-order valence-electron chi connectivity index (χ4n) is 1.48. The highest BCUT2D eigenvalue weighted by Crippen LogP contribution is 2.12. The van der Waals surface area contributed by atoms with E-state index < -0.39 is 17.9 Å². The number of carboxylic acids is 1. The van der Waals surface area contributed by atoms with Gasteiger partial charge in [0.25, 0.3) is 5.91 Å².